The molecule has 0 spiro atoms. The number of hydrogen-bond donors (Lipinski definition) is 0. The van der Waals surface area contributed by atoms with Crippen LogP contribution in [0.15, 0.2) is 24.8 Å². The number of rotatable bonds is 7. The second-order valence-corrected chi connectivity index (χ2v) is 8.24. The number of carbonyl (C=O) groups is 3. The fourth-order valence-electron chi connectivity index (χ4n) is 3.72. The summed E-state index contributed by atoms with van der Waals surface area (Å²) in [5, 5.41) is 8.41. The average molecular weight is 430 g/mol. The summed E-state index contributed by atoms with van der Waals surface area (Å²) < 4.78 is 3.47. The smallest absolute Gasteiger partial charge is 0.246 e. The Balaban J connectivity index is 1.61. The van der Waals surface area contributed by atoms with Crippen molar-refractivity contribution in [1.82, 2.24) is 34.3 Å². The average Bonchev–Trinajstić information content (AvgIpc) is 3.36. The third kappa shape index (κ3) is 5.71. The molecule has 3 rings (SSSR count). The van der Waals surface area contributed by atoms with Crippen LogP contribution in [0.2, 0.25) is 0 Å². The summed E-state index contributed by atoms with van der Waals surface area (Å²) in [4.78, 5) is 43.2. The van der Waals surface area contributed by atoms with Gasteiger partial charge >= 0.3 is 0 Å². The van der Waals surface area contributed by atoms with Crippen LogP contribution in [0.4, 0.5) is 0 Å². The summed E-state index contributed by atoms with van der Waals surface area (Å²) in [6.45, 7) is 5.81. The molecule has 10 heteroatoms. The number of aryl methyl sites for hydroxylation is 4. The number of aromatic nitrogens is 4. The van der Waals surface area contributed by atoms with Crippen LogP contribution >= 0.6 is 0 Å². The van der Waals surface area contributed by atoms with E-state index in [0.29, 0.717) is 32.6 Å². The lowest BCUT2D eigenvalue weighted by atomic mass is 10.1. The molecule has 3 amide bonds. The maximum atomic E-state index is 12.9. The standard InChI is InChI=1S/C21H31N7O3/c1-16-11-22-26(13-16)7-5-19(29)25-9-10-28(18(15-25)21(31)24(3)4)20(30)6-8-27-14-17(2)12-23-27/h11-14,18H,5-10,15H2,1-4H3. The summed E-state index contributed by atoms with van der Waals surface area (Å²) in [5.41, 5.74) is 2.08. The molecule has 0 aliphatic carbocycles. The molecule has 1 atom stereocenters. The van der Waals surface area contributed by atoms with E-state index in [1.165, 1.54) is 4.90 Å². The highest BCUT2D eigenvalue weighted by molar-refractivity contribution is 5.89. The Morgan fingerprint density at radius 3 is 1.97 bits per heavy atom. The first kappa shape index (κ1) is 22.5. The molecule has 3 heterocycles. The van der Waals surface area contributed by atoms with Gasteiger partial charge in [0.1, 0.15) is 6.04 Å². The number of amides is 3. The number of hydrogen-bond acceptors (Lipinski definition) is 5. The van der Waals surface area contributed by atoms with Gasteiger partial charge in [-0.15, -0.1) is 0 Å². The molecule has 0 aromatic carbocycles. The summed E-state index contributed by atoms with van der Waals surface area (Å²) in [6.07, 6.45) is 7.83. The quantitative estimate of drug-likeness (QED) is 0.631. The van der Waals surface area contributed by atoms with Gasteiger partial charge in [-0.2, -0.15) is 10.2 Å². The molecule has 1 saturated heterocycles. The van der Waals surface area contributed by atoms with E-state index in [9.17, 15) is 14.4 Å². The van der Waals surface area contributed by atoms with Gasteiger partial charge in [-0.25, -0.2) is 0 Å². The van der Waals surface area contributed by atoms with Crippen molar-refractivity contribution in [1.29, 1.82) is 0 Å². The molecule has 0 radical (unpaired) electrons. The lowest BCUT2D eigenvalue weighted by Gasteiger charge is -2.41. The van der Waals surface area contributed by atoms with Gasteiger partial charge in [0, 0.05) is 65.5 Å². The highest BCUT2D eigenvalue weighted by Gasteiger charge is 2.37. The number of carbonyl (C=O) groups excluding carboxylic acids is 3. The van der Waals surface area contributed by atoms with Crippen molar-refractivity contribution in [2.45, 2.75) is 45.8 Å². The van der Waals surface area contributed by atoms with E-state index < -0.39 is 6.04 Å². The number of piperazine rings is 1. The summed E-state index contributed by atoms with van der Waals surface area (Å²) in [5.74, 6) is -0.320. The molecule has 0 N–H and O–H groups in total. The first-order chi connectivity index (χ1) is 14.7. The second kappa shape index (κ2) is 9.76. The first-order valence-electron chi connectivity index (χ1n) is 10.5. The van der Waals surface area contributed by atoms with Gasteiger partial charge in [-0.1, -0.05) is 0 Å². The van der Waals surface area contributed by atoms with Gasteiger partial charge in [0.25, 0.3) is 0 Å². The predicted octanol–water partition coefficient (Wildman–Crippen LogP) is 0.304. The van der Waals surface area contributed by atoms with Crippen LogP contribution in [0.1, 0.15) is 24.0 Å². The summed E-state index contributed by atoms with van der Waals surface area (Å²) in [7, 11) is 3.33. The second-order valence-electron chi connectivity index (χ2n) is 8.24. The zero-order chi connectivity index (χ0) is 22.5. The zero-order valence-electron chi connectivity index (χ0n) is 18.7. The SMILES string of the molecule is Cc1cnn(CCC(=O)N2CCN(C(=O)CCn3cc(C)cn3)C(C(=O)N(C)C)C2)c1. The zero-order valence-corrected chi connectivity index (χ0v) is 18.7. The minimum atomic E-state index is -0.675. The fourth-order valence-corrected chi connectivity index (χ4v) is 3.72. The number of nitrogens with zero attached hydrogens (tertiary/aromatic N) is 7. The van der Waals surface area contributed by atoms with Crippen molar-refractivity contribution in [3.63, 3.8) is 0 Å². The molecular formula is C21H31N7O3. The fraction of sp³-hybridized carbons (Fsp3) is 0.571. The Labute approximate surface area is 182 Å². The minimum absolute atomic E-state index is 0.0381. The molecule has 31 heavy (non-hydrogen) atoms. The molecule has 0 bridgehead atoms. The number of likely N-dealkylation sites (N-methyl/N-ethyl adjacent to an activating group) is 1. The van der Waals surface area contributed by atoms with E-state index in [0.717, 1.165) is 11.1 Å². The molecule has 168 valence electrons. The van der Waals surface area contributed by atoms with Crippen molar-refractivity contribution in [2.24, 2.45) is 0 Å². The Bertz CT molecular complexity index is 933. The Kier molecular flexibility index (Phi) is 7.09. The lowest BCUT2D eigenvalue weighted by Crippen LogP contribution is -2.61. The van der Waals surface area contributed by atoms with Gasteiger partial charge in [0.2, 0.25) is 17.7 Å². The molecule has 2 aromatic heterocycles. The normalized spacial score (nSPS) is 16.5. The van der Waals surface area contributed by atoms with Crippen LogP contribution in [0, 0.1) is 13.8 Å². The van der Waals surface area contributed by atoms with Gasteiger partial charge in [0.05, 0.1) is 18.9 Å². The van der Waals surface area contributed by atoms with E-state index in [1.54, 1.807) is 45.7 Å². The highest BCUT2D eigenvalue weighted by Crippen LogP contribution is 2.15. The molecule has 10 nitrogen and oxygen atoms in total. The topological polar surface area (TPSA) is 96.6 Å². The van der Waals surface area contributed by atoms with Crippen LogP contribution in [-0.4, -0.2) is 91.8 Å². The van der Waals surface area contributed by atoms with Crippen molar-refractivity contribution in [2.75, 3.05) is 33.7 Å². The third-order valence-electron chi connectivity index (χ3n) is 5.41. The molecule has 1 fully saturated rings. The highest BCUT2D eigenvalue weighted by atomic mass is 16.2. The van der Waals surface area contributed by atoms with Gasteiger partial charge in [-0.05, 0) is 25.0 Å². The molecule has 1 aliphatic rings. The maximum absolute atomic E-state index is 12.9. The van der Waals surface area contributed by atoms with Crippen LogP contribution < -0.4 is 0 Å². The van der Waals surface area contributed by atoms with E-state index in [4.69, 9.17) is 0 Å². The van der Waals surface area contributed by atoms with Crippen molar-refractivity contribution >= 4 is 17.7 Å². The van der Waals surface area contributed by atoms with Gasteiger partial charge in [-0.3, -0.25) is 23.7 Å². The Morgan fingerprint density at radius 1 is 0.935 bits per heavy atom. The van der Waals surface area contributed by atoms with Crippen LogP contribution in [0.25, 0.3) is 0 Å². The predicted molar refractivity (Wildman–Crippen MR) is 114 cm³/mol. The van der Waals surface area contributed by atoms with Gasteiger partial charge < -0.3 is 14.7 Å². The minimum Gasteiger partial charge on any atom is -0.347 e. The van der Waals surface area contributed by atoms with E-state index >= 15 is 0 Å². The van der Waals surface area contributed by atoms with E-state index in [-0.39, 0.29) is 30.7 Å². The molecular weight excluding hydrogens is 398 g/mol. The first-order valence-corrected chi connectivity index (χ1v) is 10.5. The molecule has 1 aliphatic heterocycles. The Hall–Kier alpha value is -3.17. The van der Waals surface area contributed by atoms with Crippen LogP contribution in [0.3, 0.4) is 0 Å². The maximum Gasteiger partial charge on any atom is 0.246 e. The molecule has 2 aromatic rings. The monoisotopic (exact) mass is 429 g/mol. The Morgan fingerprint density at radius 2 is 1.48 bits per heavy atom. The molecule has 0 saturated carbocycles. The van der Waals surface area contributed by atoms with Crippen molar-refractivity contribution < 1.29 is 14.4 Å². The van der Waals surface area contributed by atoms with Gasteiger partial charge in [0.15, 0.2) is 0 Å². The van der Waals surface area contributed by atoms with E-state index in [1.807, 2.05) is 26.2 Å². The van der Waals surface area contributed by atoms with Crippen molar-refractivity contribution in [3.05, 3.63) is 35.9 Å². The molecule has 1 unspecified atom stereocenters. The van der Waals surface area contributed by atoms with E-state index in [2.05, 4.69) is 10.2 Å². The summed E-state index contributed by atoms with van der Waals surface area (Å²) >= 11 is 0. The lowest BCUT2D eigenvalue weighted by molar-refractivity contribution is -0.151. The third-order valence-corrected chi connectivity index (χ3v) is 5.41. The largest absolute Gasteiger partial charge is 0.347 e. The van der Waals surface area contributed by atoms with Crippen LogP contribution in [-0.2, 0) is 27.5 Å². The van der Waals surface area contributed by atoms with Crippen LogP contribution in [0.5, 0.6) is 0 Å². The summed E-state index contributed by atoms with van der Waals surface area (Å²) in [6, 6.07) is -0.675. The van der Waals surface area contributed by atoms with Crippen molar-refractivity contribution in [3.8, 4) is 0 Å².